The monoisotopic (exact) mass is 374 g/mol. The van der Waals surface area contributed by atoms with Crippen molar-refractivity contribution in [2.75, 3.05) is 46.0 Å². The fraction of sp³-hybridized carbons (Fsp3) is 0.579. The molecule has 0 N–H and O–H groups in total. The van der Waals surface area contributed by atoms with Crippen molar-refractivity contribution >= 4 is 11.3 Å². The first-order chi connectivity index (χ1) is 12.7. The average Bonchev–Trinajstić information content (AvgIpc) is 2.94. The molecule has 4 heterocycles. The molecule has 26 heavy (non-hydrogen) atoms. The maximum atomic E-state index is 6.29. The summed E-state index contributed by atoms with van der Waals surface area (Å²) in [5.74, 6) is 0. The molecular formula is C19H26N4O2S. The summed E-state index contributed by atoms with van der Waals surface area (Å²) in [5, 5.41) is 3.28. The summed E-state index contributed by atoms with van der Waals surface area (Å²) in [5.41, 5.74) is 2.18. The molecule has 2 aliphatic rings. The summed E-state index contributed by atoms with van der Waals surface area (Å²) >= 11 is 1.71. The van der Waals surface area contributed by atoms with Crippen LogP contribution in [0.2, 0.25) is 0 Å². The van der Waals surface area contributed by atoms with E-state index in [9.17, 15) is 0 Å². The normalized spacial score (nSPS) is 25.4. The van der Waals surface area contributed by atoms with Gasteiger partial charge in [-0.2, -0.15) is 0 Å². The summed E-state index contributed by atoms with van der Waals surface area (Å²) in [7, 11) is 0. The number of hydrogen-bond acceptors (Lipinski definition) is 7. The van der Waals surface area contributed by atoms with Crippen LogP contribution in [0.15, 0.2) is 29.9 Å². The molecule has 0 radical (unpaired) electrons. The van der Waals surface area contributed by atoms with Crippen LogP contribution in [0.4, 0.5) is 0 Å². The molecule has 2 fully saturated rings. The van der Waals surface area contributed by atoms with Crippen molar-refractivity contribution in [3.63, 3.8) is 0 Å². The standard InChI is InChI=1S/C19H26N4O2S/c1-16-21-18(12-26-16)11-23-6-8-24-15-19(14-23)13-22(7-9-25-19)10-17-2-4-20-5-3-17/h2-5,12H,6-11,13-15H2,1H3/t19-/m0/s1. The molecule has 0 unspecified atom stereocenters. The lowest BCUT2D eigenvalue weighted by Gasteiger charge is -2.43. The molecule has 1 atom stereocenters. The number of aromatic nitrogens is 2. The first-order valence-electron chi connectivity index (χ1n) is 9.17. The Morgan fingerprint density at radius 1 is 1.12 bits per heavy atom. The molecule has 0 saturated carbocycles. The third kappa shape index (κ3) is 4.47. The third-order valence-corrected chi connectivity index (χ3v) is 5.79. The Morgan fingerprint density at radius 2 is 1.88 bits per heavy atom. The molecular weight excluding hydrogens is 348 g/mol. The number of ether oxygens (including phenoxy) is 2. The number of morpholine rings is 1. The van der Waals surface area contributed by atoms with E-state index >= 15 is 0 Å². The van der Waals surface area contributed by atoms with Crippen LogP contribution in [0.1, 0.15) is 16.3 Å². The van der Waals surface area contributed by atoms with Crippen molar-refractivity contribution in [1.29, 1.82) is 0 Å². The molecule has 7 heteroatoms. The van der Waals surface area contributed by atoms with Crippen LogP contribution in [0.5, 0.6) is 0 Å². The van der Waals surface area contributed by atoms with E-state index in [2.05, 4.69) is 44.2 Å². The lowest BCUT2D eigenvalue weighted by atomic mass is 10.0. The minimum Gasteiger partial charge on any atom is -0.377 e. The molecule has 2 saturated heterocycles. The Hall–Kier alpha value is -1.38. The summed E-state index contributed by atoms with van der Waals surface area (Å²) in [6.07, 6.45) is 3.72. The third-order valence-electron chi connectivity index (χ3n) is 4.96. The highest BCUT2D eigenvalue weighted by atomic mass is 32.1. The quantitative estimate of drug-likeness (QED) is 0.815. The average molecular weight is 375 g/mol. The van der Waals surface area contributed by atoms with E-state index in [0.29, 0.717) is 6.61 Å². The van der Waals surface area contributed by atoms with Crippen LogP contribution in [0.25, 0.3) is 0 Å². The van der Waals surface area contributed by atoms with Gasteiger partial charge in [-0.15, -0.1) is 11.3 Å². The van der Waals surface area contributed by atoms with Crippen LogP contribution in [-0.2, 0) is 22.6 Å². The van der Waals surface area contributed by atoms with Gasteiger partial charge in [-0.3, -0.25) is 14.8 Å². The number of aryl methyl sites for hydroxylation is 1. The van der Waals surface area contributed by atoms with Gasteiger partial charge in [0.25, 0.3) is 0 Å². The van der Waals surface area contributed by atoms with Gasteiger partial charge in [0.2, 0.25) is 0 Å². The zero-order valence-electron chi connectivity index (χ0n) is 15.3. The van der Waals surface area contributed by atoms with Crippen molar-refractivity contribution in [3.05, 3.63) is 46.2 Å². The number of hydrogen-bond donors (Lipinski definition) is 0. The lowest BCUT2D eigenvalue weighted by molar-refractivity contribution is -0.143. The van der Waals surface area contributed by atoms with Crippen molar-refractivity contribution in [2.24, 2.45) is 0 Å². The van der Waals surface area contributed by atoms with Crippen LogP contribution >= 0.6 is 11.3 Å². The zero-order chi connectivity index (χ0) is 17.8. The van der Waals surface area contributed by atoms with E-state index in [4.69, 9.17) is 9.47 Å². The van der Waals surface area contributed by atoms with Crippen molar-refractivity contribution in [1.82, 2.24) is 19.8 Å². The molecule has 0 aromatic carbocycles. The van der Waals surface area contributed by atoms with Crippen molar-refractivity contribution in [2.45, 2.75) is 25.6 Å². The first kappa shape index (κ1) is 18.0. The molecule has 2 aromatic heterocycles. The SMILES string of the molecule is Cc1nc(CN2CCOC[C@]3(CN(Cc4ccncc4)CCO3)C2)cs1. The Bertz CT molecular complexity index is 711. The fourth-order valence-corrected chi connectivity index (χ4v) is 4.42. The predicted octanol–water partition coefficient (Wildman–Crippen LogP) is 1.95. The van der Waals surface area contributed by atoms with Crippen molar-refractivity contribution < 1.29 is 9.47 Å². The van der Waals surface area contributed by atoms with E-state index in [0.717, 1.165) is 63.2 Å². The van der Waals surface area contributed by atoms with Gasteiger partial charge in [0, 0.05) is 57.0 Å². The second-order valence-corrected chi connectivity index (χ2v) is 8.28. The Labute approximate surface area is 158 Å². The van der Waals surface area contributed by atoms with E-state index in [1.54, 1.807) is 11.3 Å². The van der Waals surface area contributed by atoms with Gasteiger partial charge in [0.15, 0.2) is 0 Å². The Morgan fingerprint density at radius 3 is 2.65 bits per heavy atom. The van der Waals surface area contributed by atoms with Gasteiger partial charge in [-0.1, -0.05) is 0 Å². The summed E-state index contributed by atoms with van der Waals surface area (Å²) in [6, 6.07) is 4.17. The summed E-state index contributed by atoms with van der Waals surface area (Å²) < 4.78 is 12.2. The smallest absolute Gasteiger partial charge is 0.117 e. The maximum absolute atomic E-state index is 6.29. The number of thiazole rings is 1. The second-order valence-electron chi connectivity index (χ2n) is 7.22. The molecule has 140 valence electrons. The number of rotatable bonds is 4. The molecule has 1 spiro atoms. The molecule has 2 aliphatic heterocycles. The van der Waals surface area contributed by atoms with Gasteiger partial charge >= 0.3 is 0 Å². The van der Waals surface area contributed by atoms with Gasteiger partial charge in [0.05, 0.1) is 30.5 Å². The Kier molecular flexibility index (Phi) is 5.61. The topological polar surface area (TPSA) is 50.7 Å². The van der Waals surface area contributed by atoms with Gasteiger partial charge in [-0.05, 0) is 24.6 Å². The highest BCUT2D eigenvalue weighted by Gasteiger charge is 2.40. The predicted molar refractivity (Wildman–Crippen MR) is 101 cm³/mol. The number of nitrogens with zero attached hydrogens (tertiary/aromatic N) is 4. The Balaban J connectivity index is 1.43. The van der Waals surface area contributed by atoms with Crippen LogP contribution < -0.4 is 0 Å². The molecule has 2 aromatic rings. The van der Waals surface area contributed by atoms with Gasteiger partial charge in [-0.25, -0.2) is 4.98 Å². The van der Waals surface area contributed by atoms with Crippen molar-refractivity contribution in [3.8, 4) is 0 Å². The van der Waals surface area contributed by atoms with Gasteiger partial charge in [0.1, 0.15) is 5.60 Å². The van der Waals surface area contributed by atoms with Crippen LogP contribution in [-0.4, -0.2) is 71.4 Å². The highest BCUT2D eigenvalue weighted by Crippen LogP contribution is 2.25. The lowest BCUT2D eigenvalue weighted by Crippen LogP contribution is -2.58. The number of pyridine rings is 1. The van der Waals surface area contributed by atoms with E-state index in [1.165, 1.54) is 5.56 Å². The molecule has 6 nitrogen and oxygen atoms in total. The molecule has 0 aliphatic carbocycles. The van der Waals surface area contributed by atoms with E-state index in [1.807, 2.05) is 12.4 Å². The highest BCUT2D eigenvalue weighted by molar-refractivity contribution is 7.09. The minimum atomic E-state index is -0.257. The maximum Gasteiger partial charge on any atom is 0.117 e. The summed E-state index contributed by atoms with van der Waals surface area (Å²) in [4.78, 5) is 13.6. The van der Waals surface area contributed by atoms with E-state index in [-0.39, 0.29) is 5.60 Å². The zero-order valence-corrected chi connectivity index (χ0v) is 16.1. The molecule has 0 bridgehead atoms. The largest absolute Gasteiger partial charge is 0.377 e. The first-order valence-corrected chi connectivity index (χ1v) is 10.1. The van der Waals surface area contributed by atoms with Crippen LogP contribution in [0.3, 0.4) is 0 Å². The van der Waals surface area contributed by atoms with Crippen LogP contribution in [0, 0.1) is 6.92 Å². The molecule has 0 amide bonds. The summed E-state index contributed by atoms with van der Waals surface area (Å²) in [6.45, 7) is 9.66. The second kappa shape index (κ2) is 8.10. The molecule has 4 rings (SSSR count). The fourth-order valence-electron chi connectivity index (χ4n) is 3.82. The minimum absolute atomic E-state index is 0.257. The van der Waals surface area contributed by atoms with E-state index < -0.39 is 0 Å². The van der Waals surface area contributed by atoms with Gasteiger partial charge < -0.3 is 9.47 Å².